The highest BCUT2D eigenvalue weighted by atomic mass is 32.1. The van der Waals surface area contributed by atoms with E-state index in [1.807, 2.05) is 4.52 Å². The third-order valence-corrected chi connectivity index (χ3v) is 4.34. The van der Waals surface area contributed by atoms with Crippen molar-refractivity contribution in [3.63, 3.8) is 0 Å². The van der Waals surface area contributed by atoms with Crippen LogP contribution in [-0.2, 0) is 5.54 Å². The summed E-state index contributed by atoms with van der Waals surface area (Å²) in [5, 5.41) is 13.9. The molecule has 17 heavy (non-hydrogen) atoms. The van der Waals surface area contributed by atoms with Crippen LogP contribution in [0.5, 0.6) is 0 Å². The van der Waals surface area contributed by atoms with E-state index in [9.17, 15) is 0 Å². The van der Waals surface area contributed by atoms with Crippen molar-refractivity contribution >= 4 is 16.3 Å². The first-order valence-electron chi connectivity index (χ1n) is 6.03. The zero-order valence-corrected chi connectivity index (χ0v) is 11.6. The lowest BCUT2D eigenvalue weighted by Crippen LogP contribution is -2.35. The van der Waals surface area contributed by atoms with Crippen molar-refractivity contribution < 1.29 is 0 Å². The molecule has 0 aliphatic heterocycles. The second-order valence-corrected chi connectivity index (χ2v) is 5.63. The van der Waals surface area contributed by atoms with E-state index in [-0.39, 0.29) is 5.54 Å². The average Bonchev–Trinajstić information content (AvgIpc) is 2.86. The summed E-state index contributed by atoms with van der Waals surface area (Å²) in [5.74, 6) is 1.22. The van der Waals surface area contributed by atoms with Gasteiger partial charge < -0.3 is 5.73 Å². The fourth-order valence-corrected chi connectivity index (χ4v) is 2.84. The molecular formula is C11H19N5S. The van der Waals surface area contributed by atoms with Crippen molar-refractivity contribution in [2.24, 2.45) is 5.73 Å². The minimum atomic E-state index is -0.334. The summed E-state index contributed by atoms with van der Waals surface area (Å²) in [6, 6.07) is 0. The molecule has 0 radical (unpaired) electrons. The fourth-order valence-electron chi connectivity index (χ4n) is 1.75. The van der Waals surface area contributed by atoms with Crippen molar-refractivity contribution in [1.29, 1.82) is 0 Å². The van der Waals surface area contributed by atoms with Crippen LogP contribution < -0.4 is 5.73 Å². The monoisotopic (exact) mass is 253 g/mol. The fraction of sp³-hybridized carbons (Fsp3) is 0.727. The van der Waals surface area contributed by atoms with E-state index in [1.54, 1.807) is 11.3 Å². The number of aromatic nitrogens is 4. The Bertz CT molecular complexity index is 509. The van der Waals surface area contributed by atoms with Gasteiger partial charge >= 0.3 is 0 Å². The van der Waals surface area contributed by atoms with Gasteiger partial charge in [-0.05, 0) is 12.8 Å². The van der Waals surface area contributed by atoms with Crippen LogP contribution in [-0.4, -0.2) is 19.8 Å². The van der Waals surface area contributed by atoms with Crippen LogP contribution in [0.15, 0.2) is 0 Å². The second-order valence-electron chi connectivity index (χ2n) is 4.68. The predicted molar refractivity (Wildman–Crippen MR) is 69.2 cm³/mol. The van der Waals surface area contributed by atoms with E-state index < -0.39 is 0 Å². The first-order valence-corrected chi connectivity index (χ1v) is 6.85. The maximum Gasteiger partial charge on any atom is 0.234 e. The molecule has 2 aromatic heterocycles. The Labute approximate surface area is 105 Å². The molecule has 0 aliphatic carbocycles. The smallest absolute Gasteiger partial charge is 0.234 e. The highest BCUT2D eigenvalue weighted by Crippen LogP contribution is 2.30. The molecule has 2 heterocycles. The molecule has 5 nitrogen and oxygen atoms in total. The van der Waals surface area contributed by atoms with Crippen molar-refractivity contribution in [3.8, 4) is 0 Å². The summed E-state index contributed by atoms with van der Waals surface area (Å²) >= 11 is 1.54. The Balaban J connectivity index is 2.52. The van der Waals surface area contributed by atoms with Crippen molar-refractivity contribution in [1.82, 2.24) is 19.8 Å². The number of fused-ring (bicyclic) bond motifs is 1. The lowest BCUT2D eigenvalue weighted by Gasteiger charge is -2.22. The number of nitrogens with zero attached hydrogens (tertiary/aromatic N) is 4. The summed E-state index contributed by atoms with van der Waals surface area (Å²) < 4.78 is 1.83. The van der Waals surface area contributed by atoms with Crippen molar-refractivity contribution in [2.75, 3.05) is 0 Å². The Morgan fingerprint density at radius 2 is 1.94 bits per heavy atom. The van der Waals surface area contributed by atoms with Crippen LogP contribution in [0.4, 0.5) is 0 Å². The molecule has 2 N–H and O–H groups in total. The summed E-state index contributed by atoms with van der Waals surface area (Å²) in [7, 11) is 0. The summed E-state index contributed by atoms with van der Waals surface area (Å²) in [6.45, 7) is 8.36. The van der Waals surface area contributed by atoms with E-state index >= 15 is 0 Å². The summed E-state index contributed by atoms with van der Waals surface area (Å²) in [5.41, 5.74) is 6.02. The van der Waals surface area contributed by atoms with E-state index in [0.29, 0.717) is 5.92 Å². The van der Waals surface area contributed by atoms with E-state index in [2.05, 4.69) is 43.0 Å². The van der Waals surface area contributed by atoms with Gasteiger partial charge in [-0.15, -0.1) is 10.2 Å². The standard InChI is InChI=1S/C11H19N5S/c1-5-11(12,6-2)9-15-16-8(7(3)4)13-14-10(16)17-9/h7H,5-6,12H2,1-4H3. The highest BCUT2D eigenvalue weighted by Gasteiger charge is 2.28. The van der Waals surface area contributed by atoms with Gasteiger partial charge in [0.05, 0.1) is 5.54 Å². The predicted octanol–water partition coefficient (Wildman–Crippen LogP) is 2.28. The molecule has 0 saturated carbocycles. The van der Waals surface area contributed by atoms with Crippen LogP contribution >= 0.6 is 11.3 Å². The zero-order valence-electron chi connectivity index (χ0n) is 10.8. The number of hydrogen-bond donors (Lipinski definition) is 1. The minimum absolute atomic E-state index is 0.315. The molecule has 2 aromatic rings. The molecule has 2 rings (SSSR count). The molecule has 0 saturated heterocycles. The number of hydrogen-bond acceptors (Lipinski definition) is 5. The van der Waals surface area contributed by atoms with Crippen LogP contribution in [0.3, 0.4) is 0 Å². The molecular weight excluding hydrogens is 234 g/mol. The normalized spacial score (nSPS) is 12.8. The van der Waals surface area contributed by atoms with Gasteiger partial charge in [-0.2, -0.15) is 9.61 Å². The van der Waals surface area contributed by atoms with Crippen LogP contribution in [0.1, 0.15) is 57.3 Å². The van der Waals surface area contributed by atoms with E-state index in [1.165, 1.54) is 0 Å². The lowest BCUT2D eigenvalue weighted by atomic mass is 9.95. The minimum Gasteiger partial charge on any atom is -0.319 e. The topological polar surface area (TPSA) is 69.1 Å². The number of rotatable bonds is 4. The zero-order chi connectivity index (χ0) is 12.6. The largest absolute Gasteiger partial charge is 0.319 e. The molecule has 0 amide bonds. The van der Waals surface area contributed by atoms with Crippen LogP contribution in [0.25, 0.3) is 4.96 Å². The SMILES string of the molecule is CCC(N)(CC)c1nn2c(C(C)C)nnc2s1. The first-order chi connectivity index (χ1) is 8.01. The molecule has 0 spiro atoms. The van der Waals surface area contributed by atoms with Gasteiger partial charge in [-0.25, -0.2) is 0 Å². The Hall–Kier alpha value is -1.01. The maximum absolute atomic E-state index is 6.35. The van der Waals surface area contributed by atoms with Gasteiger partial charge in [0, 0.05) is 5.92 Å². The molecule has 0 fully saturated rings. The van der Waals surface area contributed by atoms with Crippen molar-refractivity contribution in [2.45, 2.75) is 52.0 Å². The Morgan fingerprint density at radius 3 is 2.47 bits per heavy atom. The summed E-state index contributed by atoms with van der Waals surface area (Å²) in [4.78, 5) is 0.834. The molecule has 0 aromatic carbocycles. The maximum atomic E-state index is 6.35. The molecule has 6 heteroatoms. The van der Waals surface area contributed by atoms with Gasteiger partial charge in [-0.1, -0.05) is 39.0 Å². The van der Waals surface area contributed by atoms with Gasteiger partial charge in [-0.3, -0.25) is 0 Å². The average molecular weight is 253 g/mol. The van der Waals surface area contributed by atoms with Gasteiger partial charge in [0.2, 0.25) is 4.96 Å². The lowest BCUT2D eigenvalue weighted by molar-refractivity contribution is 0.405. The van der Waals surface area contributed by atoms with E-state index in [0.717, 1.165) is 28.6 Å². The first kappa shape index (κ1) is 12.4. The molecule has 0 atom stereocenters. The molecule has 0 aliphatic rings. The van der Waals surface area contributed by atoms with Gasteiger partial charge in [0.1, 0.15) is 5.01 Å². The number of nitrogens with two attached hydrogens (primary N) is 1. The van der Waals surface area contributed by atoms with Crippen LogP contribution in [0, 0.1) is 0 Å². The third kappa shape index (κ3) is 1.95. The highest BCUT2D eigenvalue weighted by molar-refractivity contribution is 7.16. The van der Waals surface area contributed by atoms with Crippen LogP contribution in [0.2, 0.25) is 0 Å². The molecule has 94 valence electrons. The second kappa shape index (κ2) is 4.34. The summed E-state index contributed by atoms with van der Waals surface area (Å²) in [6.07, 6.45) is 1.76. The molecule has 0 bridgehead atoms. The quantitative estimate of drug-likeness (QED) is 0.907. The van der Waals surface area contributed by atoms with E-state index in [4.69, 9.17) is 5.73 Å². The third-order valence-electron chi connectivity index (χ3n) is 3.22. The Morgan fingerprint density at radius 1 is 1.29 bits per heavy atom. The van der Waals surface area contributed by atoms with Gasteiger partial charge in [0.25, 0.3) is 0 Å². The van der Waals surface area contributed by atoms with Gasteiger partial charge in [0.15, 0.2) is 5.82 Å². The molecule has 0 unspecified atom stereocenters. The Kier molecular flexibility index (Phi) is 3.18. The van der Waals surface area contributed by atoms with Crippen molar-refractivity contribution in [3.05, 3.63) is 10.8 Å².